The van der Waals surface area contributed by atoms with E-state index in [1.165, 1.54) is 0 Å². The Kier molecular flexibility index (Phi) is 3.41. The summed E-state index contributed by atoms with van der Waals surface area (Å²) in [4.78, 5) is 0. The van der Waals surface area contributed by atoms with Crippen LogP contribution in [0, 0.1) is 11.3 Å². The second kappa shape index (κ2) is 4.06. The molecule has 1 saturated carbocycles. The number of aliphatic hydroxyl groups is 1. The highest BCUT2D eigenvalue weighted by molar-refractivity contribution is 5.02. The van der Waals surface area contributed by atoms with Gasteiger partial charge in [-0.15, -0.1) is 0 Å². The Hall–Kier alpha value is -0.300. The molecule has 0 heterocycles. The number of hydrogen-bond donors (Lipinski definition) is 1. The van der Waals surface area contributed by atoms with Crippen LogP contribution in [0.4, 0.5) is 0 Å². The number of rotatable bonds is 3. The molecule has 1 heteroatoms. The molecular formula is C13H24O. The second-order valence-electron chi connectivity index (χ2n) is 5.35. The molecule has 2 unspecified atom stereocenters. The summed E-state index contributed by atoms with van der Waals surface area (Å²) in [5.74, 6) is 0.639. The van der Waals surface area contributed by atoms with Crippen molar-refractivity contribution in [2.24, 2.45) is 11.3 Å². The maximum absolute atomic E-state index is 10.2. The Bertz CT molecular complexity index is 213. The van der Waals surface area contributed by atoms with E-state index < -0.39 is 5.60 Å². The van der Waals surface area contributed by atoms with Gasteiger partial charge in [0.15, 0.2) is 0 Å². The summed E-state index contributed by atoms with van der Waals surface area (Å²) in [5, 5.41) is 10.2. The van der Waals surface area contributed by atoms with E-state index in [0.29, 0.717) is 5.92 Å². The van der Waals surface area contributed by atoms with E-state index in [4.69, 9.17) is 0 Å². The van der Waals surface area contributed by atoms with Crippen molar-refractivity contribution in [3.63, 3.8) is 0 Å². The zero-order valence-corrected chi connectivity index (χ0v) is 10.0. The van der Waals surface area contributed by atoms with Crippen molar-refractivity contribution >= 4 is 0 Å². The van der Waals surface area contributed by atoms with Crippen LogP contribution in [0.1, 0.15) is 53.4 Å². The van der Waals surface area contributed by atoms with Crippen molar-refractivity contribution in [2.75, 3.05) is 0 Å². The van der Waals surface area contributed by atoms with Gasteiger partial charge in [0.2, 0.25) is 0 Å². The summed E-state index contributed by atoms with van der Waals surface area (Å²) < 4.78 is 0. The molecule has 0 amide bonds. The van der Waals surface area contributed by atoms with Crippen LogP contribution >= 0.6 is 0 Å². The van der Waals surface area contributed by atoms with Gasteiger partial charge in [0, 0.05) is 0 Å². The Balaban J connectivity index is 2.61. The van der Waals surface area contributed by atoms with Crippen LogP contribution < -0.4 is 0 Å². The first-order valence-corrected chi connectivity index (χ1v) is 5.79. The third-order valence-corrected chi connectivity index (χ3v) is 4.21. The van der Waals surface area contributed by atoms with E-state index in [9.17, 15) is 5.11 Å². The van der Waals surface area contributed by atoms with Gasteiger partial charge in [-0.3, -0.25) is 0 Å². The zero-order chi connectivity index (χ0) is 10.8. The Morgan fingerprint density at radius 3 is 2.36 bits per heavy atom. The normalized spacial score (nSPS) is 36.8. The predicted molar refractivity (Wildman–Crippen MR) is 61.2 cm³/mol. The molecule has 1 N–H and O–H groups in total. The first-order chi connectivity index (χ1) is 6.42. The summed E-state index contributed by atoms with van der Waals surface area (Å²) in [5.41, 5.74) is -0.414. The van der Waals surface area contributed by atoms with E-state index in [1.807, 2.05) is 6.92 Å². The maximum Gasteiger partial charge on any atom is 0.0673 e. The molecular weight excluding hydrogens is 172 g/mol. The molecule has 0 bridgehead atoms. The zero-order valence-electron chi connectivity index (χ0n) is 10.0. The predicted octanol–water partition coefficient (Wildman–Crippen LogP) is 3.53. The van der Waals surface area contributed by atoms with E-state index in [1.54, 1.807) is 0 Å². The summed E-state index contributed by atoms with van der Waals surface area (Å²) in [7, 11) is 0. The molecule has 0 spiro atoms. The molecule has 2 atom stereocenters. The van der Waals surface area contributed by atoms with Crippen LogP contribution in [0.25, 0.3) is 0 Å². The van der Waals surface area contributed by atoms with Crippen molar-refractivity contribution in [3.05, 3.63) is 12.2 Å². The molecule has 1 rings (SSSR count). The Morgan fingerprint density at radius 1 is 1.29 bits per heavy atom. The molecule has 0 radical (unpaired) electrons. The fraction of sp³-hybridized carbons (Fsp3) is 0.846. The summed E-state index contributed by atoms with van der Waals surface area (Å²) in [6.07, 6.45) is 8.84. The molecule has 0 aromatic rings. The summed E-state index contributed by atoms with van der Waals surface area (Å²) >= 11 is 0. The lowest BCUT2D eigenvalue weighted by molar-refractivity contribution is -0.0418. The van der Waals surface area contributed by atoms with Gasteiger partial charge in [0.25, 0.3) is 0 Å². The van der Waals surface area contributed by atoms with E-state index in [0.717, 1.165) is 25.7 Å². The standard InChI is InChI=1S/C13H24O/c1-5-6-7-8-11-9-10-13(4,14)12(11,2)3/h6-7,11,14H,5,8-10H2,1-4H3/b7-6+. The van der Waals surface area contributed by atoms with Gasteiger partial charge < -0.3 is 5.11 Å². The SMILES string of the molecule is CC/C=C/CC1CCC(C)(O)C1(C)C. The van der Waals surface area contributed by atoms with Gasteiger partial charge >= 0.3 is 0 Å². The monoisotopic (exact) mass is 196 g/mol. The maximum atomic E-state index is 10.2. The second-order valence-corrected chi connectivity index (χ2v) is 5.35. The topological polar surface area (TPSA) is 20.2 Å². The average Bonchev–Trinajstić information content (AvgIpc) is 2.27. The van der Waals surface area contributed by atoms with Gasteiger partial charge in [0.05, 0.1) is 5.60 Å². The van der Waals surface area contributed by atoms with Gasteiger partial charge in [-0.1, -0.05) is 32.9 Å². The van der Waals surface area contributed by atoms with Crippen LogP contribution in [0.2, 0.25) is 0 Å². The van der Waals surface area contributed by atoms with Crippen molar-refractivity contribution in [1.29, 1.82) is 0 Å². The lowest BCUT2D eigenvalue weighted by atomic mass is 9.72. The third kappa shape index (κ3) is 2.03. The van der Waals surface area contributed by atoms with E-state index in [-0.39, 0.29) is 5.41 Å². The fourth-order valence-electron chi connectivity index (χ4n) is 2.42. The molecule has 1 fully saturated rings. The number of hydrogen-bond acceptors (Lipinski definition) is 1. The molecule has 1 aliphatic carbocycles. The average molecular weight is 196 g/mol. The minimum Gasteiger partial charge on any atom is -0.390 e. The molecule has 0 aromatic heterocycles. The fourth-order valence-corrected chi connectivity index (χ4v) is 2.42. The largest absolute Gasteiger partial charge is 0.390 e. The molecule has 1 nitrogen and oxygen atoms in total. The molecule has 0 aliphatic heterocycles. The van der Waals surface area contributed by atoms with Gasteiger partial charge in [-0.05, 0) is 43.9 Å². The molecule has 82 valence electrons. The van der Waals surface area contributed by atoms with Crippen molar-refractivity contribution in [3.8, 4) is 0 Å². The van der Waals surface area contributed by atoms with Crippen molar-refractivity contribution in [1.82, 2.24) is 0 Å². The van der Waals surface area contributed by atoms with Crippen LogP contribution in [0.15, 0.2) is 12.2 Å². The quantitative estimate of drug-likeness (QED) is 0.685. The van der Waals surface area contributed by atoms with Crippen molar-refractivity contribution in [2.45, 2.75) is 59.0 Å². The van der Waals surface area contributed by atoms with Crippen LogP contribution in [0.3, 0.4) is 0 Å². The van der Waals surface area contributed by atoms with Crippen LogP contribution in [0.5, 0.6) is 0 Å². The molecule has 1 aliphatic rings. The van der Waals surface area contributed by atoms with E-state index >= 15 is 0 Å². The first kappa shape index (κ1) is 11.8. The van der Waals surface area contributed by atoms with Gasteiger partial charge in [-0.2, -0.15) is 0 Å². The highest BCUT2D eigenvalue weighted by Crippen LogP contribution is 2.51. The minimum absolute atomic E-state index is 0.0606. The van der Waals surface area contributed by atoms with Gasteiger partial charge in [0.1, 0.15) is 0 Å². The third-order valence-electron chi connectivity index (χ3n) is 4.21. The van der Waals surface area contributed by atoms with Crippen LogP contribution in [-0.2, 0) is 0 Å². The minimum atomic E-state index is -0.474. The molecule has 0 saturated heterocycles. The smallest absolute Gasteiger partial charge is 0.0673 e. The Labute approximate surface area is 88.2 Å². The molecule has 0 aromatic carbocycles. The lowest BCUT2D eigenvalue weighted by Gasteiger charge is -2.37. The highest BCUT2D eigenvalue weighted by Gasteiger charge is 2.49. The Morgan fingerprint density at radius 2 is 1.93 bits per heavy atom. The highest BCUT2D eigenvalue weighted by atomic mass is 16.3. The van der Waals surface area contributed by atoms with Crippen LogP contribution in [-0.4, -0.2) is 10.7 Å². The molecule has 14 heavy (non-hydrogen) atoms. The number of allylic oxidation sites excluding steroid dienone is 2. The summed E-state index contributed by atoms with van der Waals surface area (Å²) in [6, 6.07) is 0. The van der Waals surface area contributed by atoms with E-state index in [2.05, 4.69) is 32.9 Å². The van der Waals surface area contributed by atoms with Gasteiger partial charge in [-0.25, -0.2) is 0 Å². The lowest BCUT2D eigenvalue weighted by Crippen LogP contribution is -2.39. The first-order valence-electron chi connectivity index (χ1n) is 5.79. The summed E-state index contributed by atoms with van der Waals surface area (Å²) in [6.45, 7) is 8.54. The van der Waals surface area contributed by atoms with Crippen molar-refractivity contribution < 1.29 is 5.11 Å².